The number of benzene rings is 2. The molecular formula is C16H17Cl2N. The number of rotatable bonds is 3. The van der Waals surface area contributed by atoms with Crippen LogP contribution in [0.25, 0.3) is 0 Å². The molecule has 0 heterocycles. The van der Waals surface area contributed by atoms with Gasteiger partial charge in [0.1, 0.15) is 0 Å². The van der Waals surface area contributed by atoms with Crippen molar-refractivity contribution in [2.45, 2.75) is 26.3 Å². The zero-order chi connectivity index (χ0) is 14.0. The minimum absolute atomic E-state index is 0.147. The Balaban J connectivity index is 2.27. The highest BCUT2D eigenvalue weighted by molar-refractivity contribution is 6.33. The highest BCUT2D eigenvalue weighted by atomic mass is 35.5. The van der Waals surface area contributed by atoms with Gasteiger partial charge in [0.25, 0.3) is 0 Å². The second-order valence-corrected chi connectivity index (χ2v) is 5.75. The first-order valence-electron chi connectivity index (χ1n) is 6.24. The maximum atomic E-state index is 6.27. The van der Waals surface area contributed by atoms with Crippen molar-refractivity contribution in [2.24, 2.45) is 5.73 Å². The van der Waals surface area contributed by atoms with Crippen molar-refractivity contribution < 1.29 is 0 Å². The Kier molecular flexibility index (Phi) is 4.51. The summed E-state index contributed by atoms with van der Waals surface area (Å²) in [5.41, 5.74) is 10.9. The lowest BCUT2D eigenvalue weighted by molar-refractivity contribution is 0.718. The van der Waals surface area contributed by atoms with Gasteiger partial charge in [0.05, 0.1) is 0 Å². The van der Waals surface area contributed by atoms with Crippen molar-refractivity contribution in [1.29, 1.82) is 0 Å². The number of aryl methyl sites for hydroxylation is 2. The molecule has 19 heavy (non-hydrogen) atoms. The van der Waals surface area contributed by atoms with E-state index in [1.165, 1.54) is 16.7 Å². The zero-order valence-corrected chi connectivity index (χ0v) is 12.6. The fraction of sp³-hybridized carbons (Fsp3) is 0.250. The van der Waals surface area contributed by atoms with E-state index >= 15 is 0 Å². The summed E-state index contributed by atoms with van der Waals surface area (Å²) in [5, 5.41) is 1.33. The quantitative estimate of drug-likeness (QED) is 0.860. The summed E-state index contributed by atoms with van der Waals surface area (Å²) in [6.45, 7) is 4.18. The van der Waals surface area contributed by atoms with E-state index in [0.29, 0.717) is 10.0 Å². The molecule has 100 valence electrons. The highest BCUT2D eigenvalue weighted by Gasteiger charge is 2.13. The molecule has 2 N–H and O–H groups in total. The van der Waals surface area contributed by atoms with Gasteiger partial charge in [-0.15, -0.1) is 0 Å². The predicted octanol–water partition coefficient (Wildman–Crippen LogP) is 4.85. The summed E-state index contributed by atoms with van der Waals surface area (Å²) in [5.74, 6) is 0. The van der Waals surface area contributed by atoms with Gasteiger partial charge in [0, 0.05) is 16.1 Å². The summed E-state index contributed by atoms with van der Waals surface area (Å²) in [4.78, 5) is 0. The van der Waals surface area contributed by atoms with Gasteiger partial charge < -0.3 is 5.73 Å². The molecule has 2 aromatic carbocycles. The molecule has 2 rings (SSSR count). The molecule has 0 radical (unpaired) electrons. The van der Waals surface area contributed by atoms with Crippen LogP contribution in [0.2, 0.25) is 10.0 Å². The maximum absolute atomic E-state index is 6.27. The van der Waals surface area contributed by atoms with Crippen LogP contribution in [0.1, 0.15) is 28.3 Å². The predicted molar refractivity (Wildman–Crippen MR) is 83.0 cm³/mol. The van der Waals surface area contributed by atoms with Gasteiger partial charge >= 0.3 is 0 Å². The van der Waals surface area contributed by atoms with Crippen LogP contribution in [-0.4, -0.2) is 0 Å². The van der Waals surface area contributed by atoms with E-state index < -0.39 is 0 Å². The van der Waals surface area contributed by atoms with Gasteiger partial charge in [-0.25, -0.2) is 0 Å². The van der Waals surface area contributed by atoms with Crippen molar-refractivity contribution in [3.05, 3.63) is 68.7 Å². The Morgan fingerprint density at radius 3 is 2.53 bits per heavy atom. The fourth-order valence-corrected chi connectivity index (χ4v) is 2.60. The fourth-order valence-electron chi connectivity index (χ4n) is 2.17. The van der Waals surface area contributed by atoms with Crippen molar-refractivity contribution in [1.82, 2.24) is 0 Å². The number of halogens is 2. The standard InChI is InChI=1S/C16H17Cl2N/c1-10-3-4-11(2)12(7-10)8-16(19)14-9-13(17)5-6-15(14)18/h3-7,9,16H,8,19H2,1-2H3. The second-order valence-electron chi connectivity index (χ2n) is 4.91. The molecule has 1 unspecified atom stereocenters. The van der Waals surface area contributed by atoms with E-state index in [1.54, 1.807) is 12.1 Å². The molecule has 0 saturated heterocycles. The number of hydrogen-bond donors (Lipinski definition) is 1. The average Bonchev–Trinajstić information content (AvgIpc) is 2.36. The third kappa shape index (κ3) is 3.50. The van der Waals surface area contributed by atoms with Crippen LogP contribution in [0, 0.1) is 13.8 Å². The summed E-state index contributed by atoms with van der Waals surface area (Å²) in [7, 11) is 0. The first-order valence-corrected chi connectivity index (χ1v) is 6.99. The van der Waals surface area contributed by atoms with E-state index in [4.69, 9.17) is 28.9 Å². The van der Waals surface area contributed by atoms with Crippen LogP contribution < -0.4 is 5.73 Å². The second kappa shape index (κ2) is 5.96. The Morgan fingerprint density at radius 1 is 1.05 bits per heavy atom. The van der Waals surface area contributed by atoms with Crippen molar-refractivity contribution >= 4 is 23.2 Å². The van der Waals surface area contributed by atoms with Crippen LogP contribution in [0.15, 0.2) is 36.4 Å². The lowest BCUT2D eigenvalue weighted by Gasteiger charge is -2.16. The molecule has 1 atom stereocenters. The molecule has 0 bridgehead atoms. The molecule has 0 amide bonds. The number of hydrogen-bond acceptors (Lipinski definition) is 1. The molecule has 1 nitrogen and oxygen atoms in total. The van der Waals surface area contributed by atoms with Gasteiger partial charge in [-0.05, 0) is 55.2 Å². The van der Waals surface area contributed by atoms with Crippen LogP contribution in [0.3, 0.4) is 0 Å². The SMILES string of the molecule is Cc1ccc(C)c(CC(N)c2cc(Cl)ccc2Cl)c1. The topological polar surface area (TPSA) is 26.0 Å². The zero-order valence-electron chi connectivity index (χ0n) is 11.1. The van der Waals surface area contributed by atoms with Crippen molar-refractivity contribution in [3.8, 4) is 0 Å². The van der Waals surface area contributed by atoms with Gasteiger partial charge in [-0.2, -0.15) is 0 Å². The van der Waals surface area contributed by atoms with Crippen molar-refractivity contribution in [2.75, 3.05) is 0 Å². The third-order valence-electron chi connectivity index (χ3n) is 3.30. The number of nitrogens with two attached hydrogens (primary N) is 1. The Labute approximate surface area is 124 Å². The van der Waals surface area contributed by atoms with E-state index in [9.17, 15) is 0 Å². The average molecular weight is 294 g/mol. The molecule has 0 aliphatic heterocycles. The van der Waals surface area contributed by atoms with E-state index in [-0.39, 0.29) is 6.04 Å². The molecule has 0 aliphatic carbocycles. The van der Waals surface area contributed by atoms with Crippen LogP contribution in [0.4, 0.5) is 0 Å². The summed E-state index contributed by atoms with van der Waals surface area (Å²) in [6, 6.07) is 11.7. The van der Waals surface area contributed by atoms with Gasteiger partial charge in [-0.1, -0.05) is 47.0 Å². The molecule has 0 aliphatic rings. The first kappa shape index (κ1) is 14.4. The monoisotopic (exact) mass is 293 g/mol. The summed E-state index contributed by atoms with van der Waals surface area (Å²) < 4.78 is 0. The molecule has 0 spiro atoms. The highest BCUT2D eigenvalue weighted by Crippen LogP contribution is 2.28. The Bertz CT molecular complexity index is 593. The summed E-state index contributed by atoms with van der Waals surface area (Å²) in [6.07, 6.45) is 0.758. The van der Waals surface area contributed by atoms with Crippen LogP contribution in [0.5, 0.6) is 0 Å². The smallest absolute Gasteiger partial charge is 0.0454 e. The van der Waals surface area contributed by atoms with E-state index in [2.05, 4.69) is 32.0 Å². The van der Waals surface area contributed by atoms with E-state index in [0.717, 1.165) is 12.0 Å². The maximum Gasteiger partial charge on any atom is 0.0454 e. The largest absolute Gasteiger partial charge is 0.324 e. The normalized spacial score (nSPS) is 12.5. The van der Waals surface area contributed by atoms with Gasteiger partial charge in [0.2, 0.25) is 0 Å². The molecule has 3 heteroatoms. The van der Waals surface area contributed by atoms with Crippen LogP contribution >= 0.6 is 23.2 Å². The third-order valence-corrected chi connectivity index (χ3v) is 3.88. The van der Waals surface area contributed by atoms with E-state index in [1.807, 2.05) is 6.07 Å². The lowest BCUT2D eigenvalue weighted by atomic mass is 9.95. The van der Waals surface area contributed by atoms with Crippen molar-refractivity contribution in [3.63, 3.8) is 0 Å². The molecular weight excluding hydrogens is 277 g/mol. The molecule has 0 saturated carbocycles. The Hall–Kier alpha value is -1.02. The minimum Gasteiger partial charge on any atom is -0.324 e. The summed E-state index contributed by atoms with van der Waals surface area (Å²) >= 11 is 12.2. The molecule has 2 aromatic rings. The first-order chi connectivity index (χ1) is 8.97. The lowest BCUT2D eigenvalue weighted by Crippen LogP contribution is -2.14. The Morgan fingerprint density at radius 2 is 1.79 bits per heavy atom. The minimum atomic E-state index is -0.147. The van der Waals surface area contributed by atoms with Crippen LogP contribution in [-0.2, 0) is 6.42 Å². The molecule has 0 fully saturated rings. The van der Waals surface area contributed by atoms with Gasteiger partial charge in [-0.3, -0.25) is 0 Å². The molecule has 0 aromatic heterocycles. The van der Waals surface area contributed by atoms with Gasteiger partial charge in [0.15, 0.2) is 0 Å².